The number of benzene rings is 2. The topological polar surface area (TPSA) is 75.7 Å². The number of carbonyl (C=O) groups is 1. The van der Waals surface area contributed by atoms with E-state index < -0.39 is 10.0 Å². The van der Waals surface area contributed by atoms with Crippen molar-refractivity contribution in [1.29, 1.82) is 0 Å². The van der Waals surface area contributed by atoms with E-state index >= 15 is 0 Å². The molecule has 2 rings (SSSR count). The van der Waals surface area contributed by atoms with E-state index in [-0.39, 0.29) is 18.9 Å². The third-order valence-electron chi connectivity index (χ3n) is 4.26. The molecule has 0 aliphatic heterocycles. The van der Waals surface area contributed by atoms with E-state index in [1.165, 1.54) is 4.31 Å². The van der Waals surface area contributed by atoms with Crippen molar-refractivity contribution in [1.82, 2.24) is 5.32 Å². The summed E-state index contributed by atoms with van der Waals surface area (Å²) in [6.45, 7) is 2.71. The number of hydrogen-bond acceptors (Lipinski definition) is 4. The molecular weight excluding hydrogens is 364 g/mol. The lowest BCUT2D eigenvalue weighted by molar-refractivity contribution is -0.121. The first-order chi connectivity index (χ1) is 12.8. The standard InChI is InChI=1S/C20H26N2O4S/c1-16-7-4-5-8-17(16)15-21-20(23)9-6-14-22(27(3,24)25)18-10-12-19(26-2)13-11-18/h4-5,7-8,10-13H,6,9,14-15H2,1-3H3,(H,21,23). The molecule has 146 valence electrons. The molecule has 2 aromatic carbocycles. The molecular formula is C20H26N2O4S. The number of methoxy groups -OCH3 is 1. The summed E-state index contributed by atoms with van der Waals surface area (Å²) >= 11 is 0. The van der Waals surface area contributed by atoms with Crippen LogP contribution in [0.2, 0.25) is 0 Å². The van der Waals surface area contributed by atoms with Crippen molar-refractivity contribution in [3.63, 3.8) is 0 Å². The van der Waals surface area contributed by atoms with Crippen LogP contribution in [0.5, 0.6) is 5.75 Å². The Morgan fingerprint density at radius 3 is 2.37 bits per heavy atom. The van der Waals surface area contributed by atoms with Gasteiger partial charge in [0.25, 0.3) is 0 Å². The van der Waals surface area contributed by atoms with Crippen LogP contribution < -0.4 is 14.4 Å². The molecule has 0 spiro atoms. The molecule has 27 heavy (non-hydrogen) atoms. The SMILES string of the molecule is COc1ccc(N(CCCC(=O)NCc2ccccc2C)S(C)(=O)=O)cc1. The molecule has 2 aromatic rings. The molecule has 0 aliphatic rings. The maximum absolute atomic E-state index is 12.1. The number of amides is 1. The highest BCUT2D eigenvalue weighted by Crippen LogP contribution is 2.21. The molecule has 0 heterocycles. The first-order valence-corrected chi connectivity index (χ1v) is 10.6. The van der Waals surface area contributed by atoms with Crippen LogP contribution >= 0.6 is 0 Å². The molecule has 0 saturated carbocycles. The molecule has 0 unspecified atom stereocenters. The van der Waals surface area contributed by atoms with E-state index in [1.807, 2.05) is 31.2 Å². The molecule has 6 nitrogen and oxygen atoms in total. The predicted octanol–water partition coefficient (Wildman–Crippen LogP) is 2.87. The first-order valence-electron chi connectivity index (χ1n) is 8.74. The maximum atomic E-state index is 12.1. The fourth-order valence-corrected chi connectivity index (χ4v) is 3.67. The van der Waals surface area contributed by atoms with Crippen LogP contribution in [0.1, 0.15) is 24.0 Å². The number of ether oxygens (including phenoxy) is 1. The molecule has 0 fully saturated rings. The minimum absolute atomic E-state index is 0.0959. The highest BCUT2D eigenvalue weighted by Gasteiger charge is 2.17. The molecule has 0 saturated heterocycles. The fraction of sp³-hybridized carbons (Fsp3) is 0.350. The number of hydrogen-bond donors (Lipinski definition) is 1. The van der Waals surface area contributed by atoms with E-state index in [2.05, 4.69) is 5.32 Å². The van der Waals surface area contributed by atoms with Gasteiger partial charge >= 0.3 is 0 Å². The van der Waals surface area contributed by atoms with Crippen LogP contribution in [0.15, 0.2) is 48.5 Å². The average molecular weight is 391 g/mol. The third-order valence-corrected chi connectivity index (χ3v) is 5.46. The van der Waals surface area contributed by atoms with Gasteiger partial charge in [0, 0.05) is 19.5 Å². The van der Waals surface area contributed by atoms with Gasteiger partial charge in [-0.1, -0.05) is 24.3 Å². The number of carbonyl (C=O) groups excluding carboxylic acids is 1. The van der Waals surface area contributed by atoms with Crippen LogP contribution in [0.25, 0.3) is 0 Å². The van der Waals surface area contributed by atoms with Gasteiger partial charge in [0.1, 0.15) is 5.75 Å². The van der Waals surface area contributed by atoms with Crippen molar-refractivity contribution in [2.45, 2.75) is 26.3 Å². The molecule has 0 aromatic heterocycles. The highest BCUT2D eigenvalue weighted by atomic mass is 32.2. The minimum atomic E-state index is -3.44. The van der Waals surface area contributed by atoms with Gasteiger partial charge in [-0.25, -0.2) is 8.42 Å². The van der Waals surface area contributed by atoms with Gasteiger partial charge in [0.05, 0.1) is 19.1 Å². The Balaban J connectivity index is 1.89. The van der Waals surface area contributed by atoms with Crippen LogP contribution in [0, 0.1) is 6.92 Å². The number of aryl methyl sites for hydroxylation is 1. The average Bonchev–Trinajstić information content (AvgIpc) is 2.64. The van der Waals surface area contributed by atoms with Gasteiger partial charge in [0.2, 0.25) is 15.9 Å². The van der Waals surface area contributed by atoms with Crippen molar-refractivity contribution in [3.05, 3.63) is 59.7 Å². The first kappa shape index (κ1) is 20.8. The maximum Gasteiger partial charge on any atom is 0.232 e. The van der Waals surface area contributed by atoms with Gasteiger partial charge in [-0.3, -0.25) is 9.10 Å². The van der Waals surface area contributed by atoms with Gasteiger partial charge in [0.15, 0.2) is 0 Å². The summed E-state index contributed by atoms with van der Waals surface area (Å²) in [6, 6.07) is 14.7. The van der Waals surface area contributed by atoms with Crippen LogP contribution in [0.3, 0.4) is 0 Å². The van der Waals surface area contributed by atoms with Crippen LogP contribution in [-0.2, 0) is 21.4 Å². The lowest BCUT2D eigenvalue weighted by atomic mass is 10.1. The Kier molecular flexibility index (Phi) is 7.24. The second-order valence-corrected chi connectivity index (χ2v) is 8.25. The van der Waals surface area contributed by atoms with Crippen molar-refractivity contribution in [2.75, 3.05) is 24.2 Å². The van der Waals surface area contributed by atoms with Crippen molar-refractivity contribution < 1.29 is 17.9 Å². The lowest BCUT2D eigenvalue weighted by Gasteiger charge is -2.22. The second-order valence-electron chi connectivity index (χ2n) is 6.34. The summed E-state index contributed by atoms with van der Waals surface area (Å²) in [5, 5.41) is 2.88. The Labute approximate surface area is 161 Å². The van der Waals surface area contributed by atoms with E-state index in [4.69, 9.17) is 4.74 Å². The number of nitrogens with one attached hydrogen (secondary N) is 1. The summed E-state index contributed by atoms with van der Waals surface area (Å²) in [7, 11) is -1.88. The zero-order chi connectivity index (χ0) is 19.9. The Morgan fingerprint density at radius 1 is 1.11 bits per heavy atom. The number of rotatable bonds is 9. The number of nitrogens with zero attached hydrogens (tertiary/aromatic N) is 1. The smallest absolute Gasteiger partial charge is 0.232 e. The Bertz CT molecular complexity index is 864. The summed E-state index contributed by atoms with van der Waals surface area (Å²) in [5.74, 6) is 0.559. The lowest BCUT2D eigenvalue weighted by Crippen LogP contribution is -2.32. The summed E-state index contributed by atoms with van der Waals surface area (Å²) in [5.41, 5.74) is 2.75. The van der Waals surface area contributed by atoms with Gasteiger partial charge in [-0.15, -0.1) is 0 Å². The summed E-state index contributed by atoms with van der Waals surface area (Å²) in [4.78, 5) is 12.1. The van der Waals surface area contributed by atoms with Crippen molar-refractivity contribution in [2.24, 2.45) is 0 Å². The van der Waals surface area contributed by atoms with Crippen molar-refractivity contribution >= 4 is 21.6 Å². The van der Waals surface area contributed by atoms with E-state index in [0.29, 0.717) is 24.4 Å². The summed E-state index contributed by atoms with van der Waals surface area (Å²) < 4.78 is 30.6. The van der Waals surface area contributed by atoms with Crippen molar-refractivity contribution in [3.8, 4) is 5.75 Å². The molecule has 0 aliphatic carbocycles. The van der Waals surface area contributed by atoms with Gasteiger partial charge < -0.3 is 10.1 Å². The highest BCUT2D eigenvalue weighted by molar-refractivity contribution is 7.92. The molecule has 1 N–H and O–H groups in total. The predicted molar refractivity (Wildman–Crippen MR) is 107 cm³/mol. The van der Waals surface area contributed by atoms with Crippen LogP contribution in [0.4, 0.5) is 5.69 Å². The quantitative estimate of drug-likeness (QED) is 0.714. The van der Waals surface area contributed by atoms with E-state index in [9.17, 15) is 13.2 Å². The summed E-state index contributed by atoms with van der Waals surface area (Å²) in [6.07, 6.45) is 1.85. The second kappa shape index (κ2) is 9.41. The van der Waals surface area contributed by atoms with Gasteiger partial charge in [-0.05, 0) is 48.7 Å². The largest absolute Gasteiger partial charge is 0.497 e. The Hall–Kier alpha value is -2.54. The van der Waals surface area contributed by atoms with E-state index in [1.54, 1.807) is 31.4 Å². The molecule has 0 atom stereocenters. The monoisotopic (exact) mass is 390 g/mol. The third kappa shape index (κ3) is 6.29. The normalized spacial score (nSPS) is 11.1. The van der Waals surface area contributed by atoms with Gasteiger partial charge in [-0.2, -0.15) is 0 Å². The zero-order valence-electron chi connectivity index (χ0n) is 15.9. The number of sulfonamides is 1. The van der Waals surface area contributed by atoms with Crippen LogP contribution in [-0.4, -0.2) is 34.2 Å². The minimum Gasteiger partial charge on any atom is -0.497 e. The molecule has 0 radical (unpaired) electrons. The van der Waals surface area contributed by atoms with E-state index in [0.717, 1.165) is 17.4 Å². The molecule has 0 bridgehead atoms. The fourth-order valence-electron chi connectivity index (χ4n) is 2.71. The zero-order valence-corrected chi connectivity index (χ0v) is 16.8. The number of anilines is 1. The molecule has 7 heteroatoms. The molecule has 1 amide bonds. The Morgan fingerprint density at radius 2 is 1.78 bits per heavy atom.